The van der Waals surface area contributed by atoms with Crippen LogP contribution in [0.25, 0.3) is 0 Å². The van der Waals surface area contributed by atoms with Crippen LogP contribution in [0.1, 0.15) is 15.9 Å². The van der Waals surface area contributed by atoms with E-state index >= 15 is 0 Å². The van der Waals surface area contributed by atoms with Crippen LogP contribution in [-0.4, -0.2) is 10.9 Å². The van der Waals surface area contributed by atoms with Gasteiger partial charge in [0.1, 0.15) is 0 Å². The largest absolute Gasteiger partial charge is 0.381 e. The molecule has 2 aromatic carbocycles. The summed E-state index contributed by atoms with van der Waals surface area (Å²) >= 11 is 3.39. The van der Waals surface area contributed by atoms with E-state index in [1.54, 1.807) is 18.5 Å². The Labute approximate surface area is 149 Å². The summed E-state index contributed by atoms with van der Waals surface area (Å²) in [6, 6.07) is 18.9. The van der Waals surface area contributed by atoms with Crippen LogP contribution in [0.5, 0.6) is 0 Å². The number of hydrogen-bond donors (Lipinski definition) is 2. The first-order valence-electron chi connectivity index (χ1n) is 7.51. The molecule has 0 radical (unpaired) electrons. The van der Waals surface area contributed by atoms with Gasteiger partial charge in [-0.25, -0.2) is 0 Å². The van der Waals surface area contributed by atoms with Crippen molar-refractivity contribution in [1.29, 1.82) is 0 Å². The monoisotopic (exact) mass is 381 g/mol. The lowest BCUT2D eigenvalue weighted by molar-refractivity contribution is 0.102. The number of nitrogens with one attached hydrogen (secondary N) is 2. The number of carbonyl (C=O) groups is 1. The van der Waals surface area contributed by atoms with Gasteiger partial charge in [-0.05, 0) is 70.0 Å². The zero-order valence-electron chi connectivity index (χ0n) is 12.9. The molecule has 1 heterocycles. The lowest BCUT2D eigenvalue weighted by Gasteiger charge is -2.09. The van der Waals surface area contributed by atoms with Crippen LogP contribution >= 0.6 is 15.9 Å². The lowest BCUT2D eigenvalue weighted by Crippen LogP contribution is -2.12. The zero-order valence-corrected chi connectivity index (χ0v) is 14.5. The maximum absolute atomic E-state index is 12.3. The normalized spacial score (nSPS) is 10.2. The third kappa shape index (κ3) is 4.20. The molecule has 1 amide bonds. The van der Waals surface area contributed by atoms with E-state index in [9.17, 15) is 4.79 Å². The topological polar surface area (TPSA) is 54.0 Å². The molecule has 0 bridgehead atoms. The Balaban J connectivity index is 1.60. The second-order valence-electron chi connectivity index (χ2n) is 5.22. The van der Waals surface area contributed by atoms with Crippen molar-refractivity contribution < 1.29 is 4.79 Å². The van der Waals surface area contributed by atoms with Crippen molar-refractivity contribution in [2.75, 3.05) is 10.6 Å². The Hall–Kier alpha value is -2.66. The van der Waals surface area contributed by atoms with Crippen molar-refractivity contribution in [2.45, 2.75) is 6.54 Å². The number of rotatable bonds is 5. The second-order valence-corrected chi connectivity index (χ2v) is 6.07. The summed E-state index contributed by atoms with van der Waals surface area (Å²) in [6.07, 6.45) is 3.55. The van der Waals surface area contributed by atoms with E-state index in [0.717, 1.165) is 28.0 Å². The number of amides is 1. The van der Waals surface area contributed by atoms with Crippen molar-refractivity contribution in [3.8, 4) is 0 Å². The number of pyridine rings is 1. The second kappa shape index (κ2) is 7.75. The molecule has 2 N–H and O–H groups in total. The van der Waals surface area contributed by atoms with Gasteiger partial charge in [0, 0.05) is 34.8 Å². The van der Waals surface area contributed by atoms with Gasteiger partial charge in [-0.3, -0.25) is 9.78 Å². The van der Waals surface area contributed by atoms with Gasteiger partial charge in [0.05, 0.1) is 5.56 Å². The number of benzene rings is 2. The summed E-state index contributed by atoms with van der Waals surface area (Å²) in [6.45, 7) is 0.727. The van der Waals surface area contributed by atoms with Gasteiger partial charge in [0.2, 0.25) is 0 Å². The smallest absolute Gasteiger partial charge is 0.256 e. The lowest BCUT2D eigenvalue weighted by atomic mass is 10.2. The maximum Gasteiger partial charge on any atom is 0.256 e. The predicted molar refractivity (Wildman–Crippen MR) is 100 cm³/mol. The van der Waals surface area contributed by atoms with E-state index < -0.39 is 0 Å². The zero-order chi connectivity index (χ0) is 16.8. The third-order valence-corrected chi connectivity index (χ3v) is 4.20. The van der Waals surface area contributed by atoms with E-state index in [0.29, 0.717) is 5.56 Å². The minimum absolute atomic E-state index is 0.139. The van der Waals surface area contributed by atoms with Gasteiger partial charge in [-0.2, -0.15) is 0 Å². The maximum atomic E-state index is 12.3. The molecule has 1 aromatic heterocycles. The number of halogens is 1. The predicted octanol–water partition coefficient (Wildman–Crippen LogP) is 4.71. The van der Waals surface area contributed by atoms with Gasteiger partial charge < -0.3 is 10.6 Å². The Morgan fingerprint density at radius 1 is 0.917 bits per heavy atom. The number of carbonyl (C=O) groups excluding carboxylic acids is 1. The van der Waals surface area contributed by atoms with Crippen LogP contribution in [0.3, 0.4) is 0 Å². The van der Waals surface area contributed by atoms with Gasteiger partial charge in [-0.1, -0.05) is 12.1 Å². The molecule has 3 rings (SSSR count). The molecule has 0 unspecified atom stereocenters. The average molecular weight is 382 g/mol. The fraction of sp³-hybridized carbons (Fsp3) is 0.0526. The van der Waals surface area contributed by atoms with Crippen LogP contribution in [-0.2, 0) is 6.54 Å². The van der Waals surface area contributed by atoms with Crippen molar-refractivity contribution in [3.05, 3.63) is 88.7 Å². The summed E-state index contributed by atoms with van der Waals surface area (Å²) in [5.74, 6) is -0.139. The average Bonchev–Trinajstić information content (AvgIpc) is 2.62. The molecule has 0 saturated heterocycles. The summed E-state index contributed by atoms with van der Waals surface area (Å²) in [5.41, 5.74) is 3.52. The first kappa shape index (κ1) is 16.2. The van der Waals surface area contributed by atoms with E-state index in [2.05, 4.69) is 31.5 Å². The van der Waals surface area contributed by atoms with Crippen molar-refractivity contribution in [2.24, 2.45) is 0 Å². The Morgan fingerprint density at radius 2 is 1.58 bits per heavy atom. The quantitative estimate of drug-likeness (QED) is 0.672. The molecule has 0 atom stereocenters. The van der Waals surface area contributed by atoms with Crippen molar-refractivity contribution >= 4 is 33.2 Å². The molecule has 0 saturated carbocycles. The van der Waals surface area contributed by atoms with E-state index in [1.807, 2.05) is 54.6 Å². The number of anilines is 2. The molecular weight excluding hydrogens is 366 g/mol. The molecule has 0 aliphatic heterocycles. The first-order chi connectivity index (χ1) is 11.7. The summed E-state index contributed by atoms with van der Waals surface area (Å²) in [7, 11) is 0. The van der Waals surface area contributed by atoms with Crippen LogP contribution in [0.4, 0.5) is 11.4 Å². The molecule has 120 valence electrons. The highest BCUT2D eigenvalue weighted by Gasteiger charge is 2.09. The molecule has 0 spiro atoms. The van der Waals surface area contributed by atoms with Crippen molar-refractivity contribution in [1.82, 2.24) is 4.98 Å². The van der Waals surface area contributed by atoms with Gasteiger partial charge in [0.25, 0.3) is 5.91 Å². The molecule has 5 heteroatoms. The highest BCUT2D eigenvalue weighted by atomic mass is 79.9. The molecule has 0 aliphatic carbocycles. The number of aromatic nitrogens is 1. The Kier molecular flexibility index (Phi) is 5.23. The molecule has 3 aromatic rings. The van der Waals surface area contributed by atoms with E-state index in [1.165, 1.54) is 0 Å². The Bertz CT molecular complexity index is 820. The van der Waals surface area contributed by atoms with Crippen LogP contribution in [0.15, 0.2) is 77.5 Å². The first-order valence-corrected chi connectivity index (χ1v) is 8.30. The standard InChI is InChI=1S/C19H16BrN3O/c20-18-4-2-1-3-17(18)19(24)23-16-7-5-15(6-8-16)22-13-14-9-11-21-12-10-14/h1-12,22H,13H2,(H,23,24). The fourth-order valence-electron chi connectivity index (χ4n) is 2.22. The number of hydrogen-bond acceptors (Lipinski definition) is 3. The summed E-state index contributed by atoms with van der Waals surface area (Å²) in [5, 5.41) is 6.23. The molecule has 0 fully saturated rings. The van der Waals surface area contributed by atoms with Gasteiger partial charge in [-0.15, -0.1) is 0 Å². The van der Waals surface area contributed by atoms with Crippen LogP contribution < -0.4 is 10.6 Å². The van der Waals surface area contributed by atoms with E-state index in [-0.39, 0.29) is 5.91 Å². The highest BCUT2D eigenvalue weighted by molar-refractivity contribution is 9.10. The van der Waals surface area contributed by atoms with Crippen molar-refractivity contribution in [3.63, 3.8) is 0 Å². The third-order valence-electron chi connectivity index (χ3n) is 3.51. The Morgan fingerprint density at radius 3 is 2.29 bits per heavy atom. The highest BCUT2D eigenvalue weighted by Crippen LogP contribution is 2.19. The molecular formula is C19H16BrN3O. The molecule has 24 heavy (non-hydrogen) atoms. The minimum Gasteiger partial charge on any atom is -0.381 e. The molecule has 0 aliphatic rings. The van der Waals surface area contributed by atoms with Gasteiger partial charge in [0.15, 0.2) is 0 Å². The van der Waals surface area contributed by atoms with Gasteiger partial charge >= 0.3 is 0 Å². The number of nitrogens with zero attached hydrogens (tertiary/aromatic N) is 1. The summed E-state index contributed by atoms with van der Waals surface area (Å²) < 4.78 is 0.776. The minimum atomic E-state index is -0.139. The van der Waals surface area contributed by atoms with Crippen LogP contribution in [0, 0.1) is 0 Å². The summed E-state index contributed by atoms with van der Waals surface area (Å²) in [4.78, 5) is 16.3. The van der Waals surface area contributed by atoms with Crippen LogP contribution in [0.2, 0.25) is 0 Å². The fourth-order valence-corrected chi connectivity index (χ4v) is 2.68. The molecule has 4 nitrogen and oxygen atoms in total. The SMILES string of the molecule is O=C(Nc1ccc(NCc2ccncc2)cc1)c1ccccc1Br. The van der Waals surface area contributed by atoms with E-state index in [4.69, 9.17) is 0 Å².